The summed E-state index contributed by atoms with van der Waals surface area (Å²) in [7, 11) is 0. The topological polar surface area (TPSA) is 88.2 Å². The van der Waals surface area contributed by atoms with Crippen LogP contribution in [0.5, 0.6) is 0 Å². The van der Waals surface area contributed by atoms with Crippen LogP contribution in [0.2, 0.25) is 5.02 Å². The van der Waals surface area contributed by atoms with E-state index in [0.717, 1.165) is 0 Å². The van der Waals surface area contributed by atoms with E-state index < -0.39 is 11.7 Å². The molecule has 0 aliphatic rings. The van der Waals surface area contributed by atoms with E-state index in [-0.39, 0.29) is 5.84 Å². The van der Waals surface area contributed by atoms with Crippen molar-refractivity contribution in [1.29, 1.82) is 5.41 Å². The van der Waals surface area contributed by atoms with Crippen molar-refractivity contribution in [3.63, 3.8) is 0 Å². The molecule has 98 valence electrons. The molecular formula is C12H16ClN3O2. The summed E-state index contributed by atoms with van der Waals surface area (Å²) in [6.07, 6.45) is -0.604. The molecule has 1 rings (SSSR count). The number of nitrogens with one attached hydrogen (secondary N) is 2. The monoisotopic (exact) mass is 269 g/mol. The van der Waals surface area contributed by atoms with E-state index in [1.807, 2.05) is 0 Å². The first-order chi connectivity index (χ1) is 8.19. The van der Waals surface area contributed by atoms with Gasteiger partial charge in [0.1, 0.15) is 11.4 Å². The van der Waals surface area contributed by atoms with Gasteiger partial charge in [0.25, 0.3) is 0 Å². The molecule has 1 aromatic carbocycles. The minimum Gasteiger partial charge on any atom is -0.444 e. The summed E-state index contributed by atoms with van der Waals surface area (Å²) >= 11 is 5.81. The predicted molar refractivity (Wildman–Crippen MR) is 72.3 cm³/mol. The van der Waals surface area contributed by atoms with Gasteiger partial charge in [-0.1, -0.05) is 11.6 Å². The molecule has 0 aromatic heterocycles. The van der Waals surface area contributed by atoms with Crippen LogP contribution in [0.1, 0.15) is 26.3 Å². The molecule has 1 aromatic rings. The number of nitrogens with two attached hydrogens (primary N) is 1. The quantitative estimate of drug-likeness (QED) is 0.570. The number of carbonyl (C=O) groups excluding carboxylic acids is 1. The fourth-order valence-corrected chi connectivity index (χ4v) is 1.43. The van der Waals surface area contributed by atoms with Gasteiger partial charge >= 0.3 is 6.09 Å². The van der Waals surface area contributed by atoms with Gasteiger partial charge in [0.15, 0.2) is 0 Å². The smallest absolute Gasteiger partial charge is 0.412 e. The zero-order valence-electron chi connectivity index (χ0n) is 10.5. The Morgan fingerprint density at radius 2 is 2.06 bits per heavy atom. The number of carbonyl (C=O) groups is 1. The first-order valence-corrected chi connectivity index (χ1v) is 5.71. The van der Waals surface area contributed by atoms with Crippen molar-refractivity contribution in [2.24, 2.45) is 5.73 Å². The van der Waals surface area contributed by atoms with E-state index in [9.17, 15) is 4.79 Å². The molecule has 0 saturated heterocycles. The Balaban J connectivity index is 2.91. The second-order valence-electron chi connectivity index (χ2n) is 4.73. The Morgan fingerprint density at radius 3 is 2.56 bits per heavy atom. The number of benzene rings is 1. The highest BCUT2D eigenvalue weighted by Crippen LogP contribution is 2.21. The van der Waals surface area contributed by atoms with Gasteiger partial charge in [0.05, 0.1) is 5.69 Å². The maximum Gasteiger partial charge on any atom is 0.412 e. The second-order valence-corrected chi connectivity index (χ2v) is 5.17. The lowest BCUT2D eigenvalue weighted by Gasteiger charge is -2.20. The van der Waals surface area contributed by atoms with Crippen LogP contribution in [0.25, 0.3) is 0 Å². The zero-order valence-corrected chi connectivity index (χ0v) is 11.3. The molecule has 0 aliphatic heterocycles. The van der Waals surface area contributed by atoms with Gasteiger partial charge in [-0.15, -0.1) is 0 Å². The normalized spacial score (nSPS) is 10.9. The van der Waals surface area contributed by atoms with Crippen molar-refractivity contribution in [3.05, 3.63) is 28.8 Å². The maximum atomic E-state index is 11.6. The van der Waals surface area contributed by atoms with E-state index >= 15 is 0 Å². The average Bonchev–Trinajstić information content (AvgIpc) is 2.17. The SMILES string of the molecule is CC(C)(C)OC(=O)Nc1ccc(Cl)cc1C(=N)N. The van der Waals surface area contributed by atoms with E-state index in [0.29, 0.717) is 16.3 Å². The highest BCUT2D eigenvalue weighted by Gasteiger charge is 2.17. The summed E-state index contributed by atoms with van der Waals surface area (Å²) in [5, 5.41) is 10.4. The van der Waals surface area contributed by atoms with Gasteiger partial charge in [-0.2, -0.15) is 0 Å². The van der Waals surface area contributed by atoms with Gasteiger partial charge in [-0.25, -0.2) is 4.79 Å². The molecule has 5 nitrogen and oxygen atoms in total. The van der Waals surface area contributed by atoms with Crippen LogP contribution in [0, 0.1) is 5.41 Å². The molecule has 4 N–H and O–H groups in total. The number of nitrogen functional groups attached to an aromatic ring is 1. The van der Waals surface area contributed by atoms with Crippen molar-refractivity contribution < 1.29 is 9.53 Å². The third kappa shape index (κ3) is 4.25. The first-order valence-electron chi connectivity index (χ1n) is 5.33. The molecule has 0 heterocycles. The Kier molecular flexibility index (Phi) is 4.19. The molecule has 0 spiro atoms. The van der Waals surface area contributed by atoms with Crippen molar-refractivity contribution >= 4 is 29.2 Å². The Labute approximate surface area is 111 Å². The number of hydrogen-bond donors (Lipinski definition) is 3. The highest BCUT2D eigenvalue weighted by atomic mass is 35.5. The van der Waals surface area contributed by atoms with Crippen LogP contribution < -0.4 is 11.1 Å². The maximum absolute atomic E-state index is 11.6. The fraction of sp³-hybridized carbons (Fsp3) is 0.333. The molecule has 0 bridgehead atoms. The van der Waals surface area contributed by atoms with Crippen LogP contribution in [-0.4, -0.2) is 17.5 Å². The molecule has 6 heteroatoms. The van der Waals surface area contributed by atoms with Crippen LogP contribution in [0.3, 0.4) is 0 Å². The molecule has 1 amide bonds. The lowest BCUT2D eigenvalue weighted by Crippen LogP contribution is -2.28. The summed E-state index contributed by atoms with van der Waals surface area (Å²) in [6, 6.07) is 4.68. The van der Waals surface area contributed by atoms with Crippen LogP contribution in [0.4, 0.5) is 10.5 Å². The summed E-state index contributed by atoms with van der Waals surface area (Å²) in [5.41, 5.74) is 5.57. The van der Waals surface area contributed by atoms with Crippen molar-refractivity contribution in [2.75, 3.05) is 5.32 Å². The Morgan fingerprint density at radius 1 is 1.44 bits per heavy atom. The van der Waals surface area contributed by atoms with Crippen LogP contribution in [-0.2, 0) is 4.74 Å². The zero-order chi connectivity index (χ0) is 13.9. The van der Waals surface area contributed by atoms with Crippen molar-refractivity contribution in [3.8, 4) is 0 Å². The van der Waals surface area contributed by atoms with E-state index in [4.69, 9.17) is 27.5 Å². The average molecular weight is 270 g/mol. The standard InChI is InChI=1S/C12H16ClN3O2/c1-12(2,3)18-11(17)16-9-5-4-7(13)6-8(9)10(14)15/h4-6H,1-3H3,(H3,14,15)(H,16,17). The van der Waals surface area contributed by atoms with Crippen molar-refractivity contribution in [2.45, 2.75) is 26.4 Å². The molecule has 0 fully saturated rings. The largest absolute Gasteiger partial charge is 0.444 e. The van der Waals surface area contributed by atoms with E-state index in [1.165, 1.54) is 6.07 Å². The highest BCUT2D eigenvalue weighted by molar-refractivity contribution is 6.31. The summed E-state index contributed by atoms with van der Waals surface area (Å²) in [6.45, 7) is 5.29. The third-order valence-electron chi connectivity index (χ3n) is 1.91. The van der Waals surface area contributed by atoms with Gasteiger partial charge in [-0.05, 0) is 39.0 Å². The van der Waals surface area contributed by atoms with Crippen molar-refractivity contribution in [1.82, 2.24) is 0 Å². The molecule has 0 radical (unpaired) electrons. The van der Waals surface area contributed by atoms with Crippen LogP contribution >= 0.6 is 11.6 Å². The molecular weight excluding hydrogens is 254 g/mol. The molecule has 0 saturated carbocycles. The van der Waals surface area contributed by atoms with Gasteiger partial charge in [0, 0.05) is 10.6 Å². The second kappa shape index (κ2) is 5.27. The predicted octanol–water partition coefficient (Wildman–Crippen LogP) is 2.97. The molecule has 0 atom stereocenters. The molecule has 0 aliphatic carbocycles. The summed E-state index contributed by atoms with van der Waals surface area (Å²) < 4.78 is 5.11. The Bertz CT molecular complexity index is 481. The third-order valence-corrected chi connectivity index (χ3v) is 2.14. The minimum absolute atomic E-state index is 0.177. The fourth-order valence-electron chi connectivity index (χ4n) is 1.26. The number of ether oxygens (including phenoxy) is 1. The first kappa shape index (κ1) is 14.3. The lowest BCUT2D eigenvalue weighted by atomic mass is 10.1. The van der Waals surface area contributed by atoms with Crippen LogP contribution in [0.15, 0.2) is 18.2 Å². The summed E-state index contributed by atoms with van der Waals surface area (Å²) in [4.78, 5) is 11.6. The number of anilines is 1. The van der Waals surface area contributed by atoms with E-state index in [2.05, 4.69) is 5.32 Å². The number of amidine groups is 1. The molecule has 18 heavy (non-hydrogen) atoms. The lowest BCUT2D eigenvalue weighted by molar-refractivity contribution is 0.0636. The number of amides is 1. The van der Waals surface area contributed by atoms with Gasteiger partial charge in [-0.3, -0.25) is 10.7 Å². The van der Waals surface area contributed by atoms with Gasteiger partial charge < -0.3 is 10.5 Å². The summed E-state index contributed by atoms with van der Waals surface area (Å²) in [5.74, 6) is -0.177. The Hall–Kier alpha value is -1.75. The minimum atomic E-state index is -0.604. The van der Waals surface area contributed by atoms with E-state index in [1.54, 1.807) is 32.9 Å². The number of rotatable bonds is 2. The number of halogens is 1. The number of hydrogen-bond acceptors (Lipinski definition) is 3. The molecule has 0 unspecified atom stereocenters. The van der Waals surface area contributed by atoms with Gasteiger partial charge in [0.2, 0.25) is 0 Å².